The molecule has 2 rings (SSSR count). The van der Waals surface area contributed by atoms with Crippen molar-refractivity contribution in [1.82, 2.24) is 15.1 Å². The largest absolute Gasteiger partial charge is 0.305 e. The van der Waals surface area contributed by atoms with Crippen molar-refractivity contribution in [1.29, 1.82) is 0 Å². The zero-order chi connectivity index (χ0) is 13.1. The van der Waals surface area contributed by atoms with Crippen molar-refractivity contribution in [3.05, 3.63) is 53.1 Å². The molecule has 1 aromatic carbocycles. The van der Waals surface area contributed by atoms with E-state index in [-0.39, 0.29) is 11.9 Å². The molecule has 3 nitrogen and oxygen atoms in total. The first kappa shape index (κ1) is 12.8. The third-order valence-electron chi connectivity index (χ3n) is 3.04. The Bertz CT molecular complexity index is 534. The molecule has 0 aliphatic rings. The minimum absolute atomic E-state index is 0.107. The molecule has 1 heterocycles. The van der Waals surface area contributed by atoms with Gasteiger partial charge in [-0.25, -0.2) is 4.39 Å². The average Bonchev–Trinajstić information content (AvgIpc) is 2.65. The van der Waals surface area contributed by atoms with E-state index >= 15 is 0 Å². The number of hydrogen-bond donors (Lipinski definition) is 1. The lowest BCUT2D eigenvalue weighted by atomic mass is 10.1. The Morgan fingerprint density at radius 2 is 2.17 bits per heavy atom. The van der Waals surface area contributed by atoms with Gasteiger partial charge in [0.25, 0.3) is 0 Å². The third-order valence-corrected chi connectivity index (χ3v) is 3.04. The van der Waals surface area contributed by atoms with Crippen molar-refractivity contribution in [3.8, 4) is 0 Å². The summed E-state index contributed by atoms with van der Waals surface area (Å²) < 4.78 is 15.0. The van der Waals surface area contributed by atoms with Crippen molar-refractivity contribution in [2.75, 3.05) is 0 Å². The summed E-state index contributed by atoms with van der Waals surface area (Å²) in [7, 11) is 1.93. The molecular formula is C14H18FN3. The SMILES string of the molecule is Cc1cc(CN[C@@H](C)c2cccc(F)c2)n(C)n1. The molecule has 0 spiro atoms. The second-order valence-electron chi connectivity index (χ2n) is 4.56. The number of nitrogens with one attached hydrogen (secondary N) is 1. The summed E-state index contributed by atoms with van der Waals surface area (Å²) in [4.78, 5) is 0. The van der Waals surface area contributed by atoms with Crippen LogP contribution in [0.2, 0.25) is 0 Å². The van der Waals surface area contributed by atoms with E-state index in [2.05, 4.69) is 10.4 Å². The normalized spacial score (nSPS) is 12.7. The summed E-state index contributed by atoms with van der Waals surface area (Å²) in [5, 5.41) is 7.66. The summed E-state index contributed by atoms with van der Waals surface area (Å²) in [6.07, 6.45) is 0. The molecule has 1 aromatic heterocycles. The smallest absolute Gasteiger partial charge is 0.123 e. The lowest BCUT2D eigenvalue weighted by Gasteiger charge is -2.14. The van der Waals surface area contributed by atoms with Crippen LogP contribution in [0.5, 0.6) is 0 Å². The van der Waals surface area contributed by atoms with Crippen LogP contribution in [-0.4, -0.2) is 9.78 Å². The topological polar surface area (TPSA) is 29.9 Å². The first-order valence-electron chi connectivity index (χ1n) is 6.04. The predicted molar refractivity (Wildman–Crippen MR) is 69.6 cm³/mol. The molecule has 0 unspecified atom stereocenters. The molecule has 1 N–H and O–H groups in total. The van der Waals surface area contributed by atoms with Crippen LogP contribution in [-0.2, 0) is 13.6 Å². The van der Waals surface area contributed by atoms with Gasteiger partial charge in [0.05, 0.1) is 11.4 Å². The van der Waals surface area contributed by atoms with E-state index in [0.717, 1.165) is 23.5 Å². The summed E-state index contributed by atoms with van der Waals surface area (Å²) in [6, 6.07) is 8.83. The highest BCUT2D eigenvalue weighted by Gasteiger charge is 2.07. The van der Waals surface area contributed by atoms with Crippen LogP contribution in [0.15, 0.2) is 30.3 Å². The second-order valence-corrected chi connectivity index (χ2v) is 4.56. The van der Waals surface area contributed by atoms with Crippen LogP contribution in [0, 0.1) is 12.7 Å². The van der Waals surface area contributed by atoms with E-state index in [9.17, 15) is 4.39 Å². The number of benzene rings is 1. The maximum atomic E-state index is 13.1. The summed E-state index contributed by atoms with van der Waals surface area (Å²) in [5.41, 5.74) is 3.08. The van der Waals surface area contributed by atoms with Gasteiger partial charge in [-0.2, -0.15) is 5.10 Å². The second kappa shape index (κ2) is 5.31. The summed E-state index contributed by atoms with van der Waals surface area (Å²) in [6.45, 7) is 4.71. The number of rotatable bonds is 4. The maximum absolute atomic E-state index is 13.1. The van der Waals surface area contributed by atoms with Gasteiger partial charge in [-0.05, 0) is 37.6 Å². The minimum Gasteiger partial charge on any atom is -0.305 e. The highest BCUT2D eigenvalue weighted by molar-refractivity contribution is 5.19. The van der Waals surface area contributed by atoms with Gasteiger partial charge in [-0.3, -0.25) is 4.68 Å². The molecule has 0 aliphatic carbocycles. The molecule has 0 fully saturated rings. The Balaban J connectivity index is 2.00. The standard InChI is InChI=1S/C14H18FN3/c1-10-7-14(18(3)17-10)9-16-11(2)12-5-4-6-13(15)8-12/h4-8,11,16H,9H2,1-3H3/t11-/m0/s1. The lowest BCUT2D eigenvalue weighted by molar-refractivity contribution is 0.542. The van der Waals surface area contributed by atoms with Gasteiger partial charge in [0, 0.05) is 19.6 Å². The van der Waals surface area contributed by atoms with E-state index in [1.54, 1.807) is 12.1 Å². The van der Waals surface area contributed by atoms with Crippen LogP contribution in [0.25, 0.3) is 0 Å². The Morgan fingerprint density at radius 3 is 2.78 bits per heavy atom. The van der Waals surface area contributed by atoms with Crippen LogP contribution < -0.4 is 5.32 Å². The number of aromatic nitrogens is 2. The number of aryl methyl sites for hydroxylation is 2. The molecular weight excluding hydrogens is 229 g/mol. The fourth-order valence-corrected chi connectivity index (χ4v) is 1.98. The predicted octanol–water partition coefficient (Wildman–Crippen LogP) is 2.72. The molecule has 0 saturated heterocycles. The molecule has 18 heavy (non-hydrogen) atoms. The van der Waals surface area contributed by atoms with E-state index in [1.807, 2.05) is 37.7 Å². The van der Waals surface area contributed by atoms with Gasteiger partial charge in [-0.15, -0.1) is 0 Å². The zero-order valence-corrected chi connectivity index (χ0v) is 10.9. The quantitative estimate of drug-likeness (QED) is 0.900. The summed E-state index contributed by atoms with van der Waals surface area (Å²) in [5.74, 6) is -0.197. The molecule has 0 amide bonds. The Labute approximate surface area is 107 Å². The molecule has 96 valence electrons. The highest BCUT2D eigenvalue weighted by Crippen LogP contribution is 2.14. The molecule has 0 bridgehead atoms. The lowest BCUT2D eigenvalue weighted by Crippen LogP contribution is -2.19. The van der Waals surface area contributed by atoms with Crippen molar-refractivity contribution in [2.24, 2.45) is 7.05 Å². The number of hydrogen-bond acceptors (Lipinski definition) is 2. The van der Waals surface area contributed by atoms with Gasteiger partial charge in [-0.1, -0.05) is 12.1 Å². The van der Waals surface area contributed by atoms with Gasteiger partial charge >= 0.3 is 0 Å². The Morgan fingerprint density at radius 1 is 1.39 bits per heavy atom. The van der Waals surface area contributed by atoms with Gasteiger partial charge in [0.1, 0.15) is 5.82 Å². The van der Waals surface area contributed by atoms with E-state index in [1.165, 1.54) is 6.07 Å². The van der Waals surface area contributed by atoms with Crippen LogP contribution in [0.3, 0.4) is 0 Å². The van der Waals surface area contributed by atoms with Crippen molar-refractivity contribution in [3.63, 3.8) is 0 Å². The maximum Gasteiger partial charge on any atom is 0.123 e. The minimum atomic E-state index is -0.197. The van der Waals surface area contributed by atoms with Gasteiger partial charge in [0.2, 0.25) is 0 Å². The van der Waals surface area contributed by atoms with Crippen molar-refractivity contribution in [2.45, 2.75) is 26.4 Å². The molecule has 4 heteroatoms. The van der Waals surface area contributed by atoms with E-state index in [0.29, 0.717) is 0 Å². The van der Waals surface area contributed by atoms with Crippen molar-refractivity contribution >= 4 is 0 Å². The number of halogens is 1. The van der Waals surface area contributed by atoms with Crippen molar-refractivity contribution < 1.29 is 4.39 Å². The van der Waals surface area contributed by atoms with Gasteiger partial charge < -0.3 is 5.32 Å². The fraction of sp³-hybridized carbons (Fsp3) is 0.357. The third kappa shape index (κ3) is 2.96. The molecule has 1 atom stereocenters. The molecule has 0 saturated carbocycles. The first-order chi connectivity index (χ1) is 8.56. The highest BCUT2D eigenvalue weighted by atomic mass is 19.1. The fourth-order valence-electron chi connectivity index (χ4n) is 1.98. The molecule has 0 aliphatic heterocycles. The molecule has 0 radical (unpaired) electrons. The van der Waals surface area contributed by atoms with E-state index < -0.39 is 0 Å². The zero-order valence-electron chi connectivity index (χ0n) is 10.9. The number of nitrogens with zero attached hydrogens (tertiary/aromatic N) is 2. The van der Waals surface area contributed by atoms with E-state index in [4.69, 9.17) is 0 Å². The molecule has 2 aromatic rings. The van der Waals surface area contributed by atoms with Crippen LogP contribution in [0.4, 0.5) is 4.39 Å². The average molecular weight is 247 g/mol. The Hall–Kier alpha value is -1.68. The van der Waals surface area contributed by atoms with Gasteiger partial charge in [0.15, 0.2) is 0 Å². The monoisotopic (exact) mass is 247 g/mol. The van der Waals surface area contributed by atoms with Crippen LogP contribution in [0.1, 0.15) is 29.9 Å². The first-order valence-corrected chi connectivity index (χ1v) is 6.04. The van der Waals surface area contributed by atoms with Crippen LogP contribution >= 0.6 is 0 Å². The summed E-state index contributed by atoms with van der Waals surface area (Å²) >= 11 is 0. The Kier molecular flexibility index (Phi) is 3.77.